The van der Waals surface area contributed by atoms with Crippen LogP contribution in [0.15, 0.2) is 103 Å². The van der Waals surface area contributed by atoms with Crippen molar-refractivity contribution in [2.75, 3.05) is 0 Å². The first-order chi connectivity index (χ1) is 15.4. The highest BCUT2D eigenvalue weighted by Gasteiger charge is 2.51. The Hall–Kier alpha value is -3.72. The summed E-state index contributed by atoms with van der Waals surface area (Å²) in [7, 11) is 0. The second-order valence-corrected chi connectivity index (χ2v) is 8.77. The normalized spacial score (nSPS) is 11.9. The lowest BCUT2D eigenvalue weighted by Gasteiger charge is -2.49. The molecule has 162 valence electrons. The molecule has 4 rings (SSSR count). The molecule has 3 heteroatoms. The van der Waals surface area contributed by atoms with Crippen LogP contribution < -0.4 is 0 Å². The van der Waals surface area contributed by atoms with E-state index < -0.39 is 10.8 Å². The smallest absolute Gasteiger partial charge is 0.119 e. The molecule has 3 N–H and O–H groups in total. The standard InChI is InChI=1S/C29H28O3/c1-28(2,22-16-18-23(30)19-17-22)29(20-21-10-4-3-5-11-21,24-12-6-8-14-26(24)31)25-13-7-9-15-27(25)32/h3-19,30-32H,20H2,1-2H3. The lowest BCUT2D eigenvalue weighted by atomic mass is 9.53. The topological polar surface area (TPSA) is 60.7 Å². The van der Waals surface area contributed by atoms with Crippen molar-refractivity contribution in [3.8, 4) is 17.2 Å². The summed E-state index contributed by atoms with van der Waals surface area (Å²) in [5.41, 5.74) is 2.14. The van der Waals surface area contributed by atoms with Gasteiger partial charge in [0.1, 0.15) is 17.2 Å². The summed E-state index contributed by atoms with van der Waals surface area (Å²) in [4.78, 5) is 0. The van der Waals surface area contributed by atoms with E-state index >= 15 is 0 Å². The van der Waals surface area contributed by atoms with Gasteiger partial charge in [0, 0.05) is 22.0 Å². The van der Waals surface area contributed by atoms with E-state index in [9.17, 15) is 15.3 Å². The van der Waals surface area contributed by atoms with Gasteiger partial charge in [-0.3, -0.25) is 0 Å². The maximum Gasteiger partial charge on any atom is 0.119 e. The molecule has 0 atom stereocenters. The Morgan fingerprint density at radius 3 is 1.53 bits per heavy atom. The Morgan fingerprint density at radius 1 is 0.562 bits per heavy atom. The van der Waals surface area contributed by atoms with E-state index in [1.807, 2.05) is 66.7 Å². The van der Waals surface area contributed by atoms with E-state index in [0.717, 1.165) is 22.3 Å². The van der Waals surface area contributed by atoms with Crippen LogP contribution in [-0.4, -0.2) is 15.3 Å². The first-order valence-electron chi connectivity index (χ1n) is 10.8. The van der Waals surface area contributed by atoms with Crippen molar-refractivity contribution in [3.05, 3.63) is 125 Å². The number of phenolic OH excluding ortho intramolecular Hbond substituents is 3. The number of para-hydroxylation sites is 2. The van der Waals surface area contributed by atoms with Crippen molar-refractivity contribution in [1.29, 1.82) is 0 Å². The van der Waals surface area contributed by atoms with E-state index in [-0.39, 0.29) is 17.2 Å². The average Bonchev–Trinajstić information content (AvgIpc) is 2.79. The molecule has 4 aromatic rings. The molecule has 0 fully saturated rings. The van der Waals surface area contributed by atoms with Crippen molar-refractivity contribution in [1.82, 2.24) is 0 Å². The van der Waals surface area contributed by atoms with Gasteiger partial charge in [-0.25, -0.2) is 0 Å². The highest BCUT2D eigenvalue weighted by atomic mass is 16.3. The SMILES string of the molecule is CC(C)(c1ccc(O)cc1)C(Cc1ccccc1)(c1ccccc1O)c1ccccc1O. The highest BCUT2D eigenvalue weighted by Crippen LogP contribution is 2.55. The van der Waals surface area contributed by atoms with E-state index in [2.05, 4.69) is 26.0 Å². The predicted octanol–water partition coefficient (Wildman–Crippen LogP) is 6.31. The summed E-state index contributed by atoms with van der Waals surface area (Å²) >= 11 is 0. The quantitative estimate of drug-likeness (QED) is 0.340. The van der Waals surface area contributed by atoms with Gasteiger partial charge in [-0.1, -0.05) is 92.7 Å². The van der Waals surface area contributed by atoms with Gasteiger partial charge < -0.3 is 15.3 Å². The third kappa shape index (κ3) is 3.60. The van der Waals surface area contributed by atoms with E-state index in [0.29, 0.717) is 6.42 Å². The van der Waals surface area contributed by atoms with Crippen LogP contribution in [0.2, 0.25) is 0 Å². The van der Waals surface area contributed by atoms with Crippen LogP contribution in [0.3, 0.4) is 0 Å². The molecule has 3 nitrogen and oxygen atoms in total. The molecule has 0 radical (unpaired) electrons. The van der Waals surface area contributed by atoms with Gasteiger partial charge in [0.2, 0.25) is 0 Å². The third-order valence-electron chi connectivity index (χ3n) is 6.70. The molecule has 0 heterocycles. The summed E-state index contributed by atoms with van der Waals surface area (Å²) in [6, 6.07) is 32.0. The maximum absolute atomic E-state index is 11.1. The molecule has 0 saturated carbocycles. The molecular formula is C29H28O3. The van der Waals surface area contributed by atoms with Gasteiger partial charge in [0.25, 0.3) is 0 Å². The fourth-order valence-corrected chi connectivity index (χ4v) is 4.93. The van der Waals surface area contributed by atoms with Gasteiger partial charge in [-0.15, -0.1) is 0 Å². The number of phenols is 3. The average molecular weight is 425 g/mol. The Morgan fingerprint density at radius 2 is 1.03 bits per heavy atom. The fraction of sp³-hybridized carbons (Fsp3) is 0.172. The van der Waals surface area contributed by atoms with Crippen LogP contribution in [0.4, 0.5) is 0 Å². The monoisotopic (exact) mass is 424 g/mol. The number of rotatable bonds is 6. The van der Waals surface area contributed by atoms with Gasteiger partial charge in [-0.2, -0.15) is 0 Å². The molecule has 0 bridgehead atoms. The highest BCUT2D eigenvalue weighted by molar-refractivity contribution is 5.57. The molecule has 0 aromatic heterocycles. The summed E-state index contributed by atoms with van der Waals surface area (Å²) in [5, 5.41) is 32.1. The van der Waals surface area contributed by atoms with E-state index in [1.54, 1.807) is 24.3 Å². The minimum atomic E-state index is -0.817. The van der Waals surface area contributed by atoms with Crippen LogP contribution >= 0.6 is 0 Å². The third-order valence-corrected chi connectivity index (χ3v) is 6.70. The van der Waals surface area contributed by atoms with Crippen LogP contribution in [0.25, 0.3) is 0 Å². The second kappa shape index (κ2) is 8.43. The molecule has 32 heavy (non-hydrogen) atoms. The molecule has 0 aliphatic carbocycles. The number of aromatic hydroxyl groups is 3. The zero-order chi connectivity index (χ0) is 22.8. The first-order valence-corrected chi connectivity index (χ1v) is 10.8. The van der Waals surface area contributed by atoms with E-state index in [4.69, 9.17) is 0 Å². The molecule has 0 unspecified atom stereocenters. The zero-order valence-electron chi connectivity index (χ0n) is 18.4. The van der Waals surface area contributed by atoms with Crippen LogP contribution in [0, 0.1) is 0 Å². The Kier molecular flexibility index (Phi) is 5.67. The molecule has 0 aliphatic heterocycles. The van der Waals surface area contributed by atoms with Gasteiger partial charge >= 0.3 is 0 Å². The Balaban J connectivity index is 2.11. The number of hydrogen-bond acceptors (Lipinski definition) is 3. The summed E-state index contributed by atoms with van der Waals surface area (Å²) in [5.74, 6) is 0.556. The maximum atomic E-state index is 11.1. The molecule has 0 aliphatic rings. The van der Waals surface area contributed by atoms with Crippen molar-refractivity contribution in [3.63, 3.8) is 0 Å². The fourth-order valence-electron chi connectivity index (χ4n) is 4.93. The zero-order valence-corrected chi connectivity index (χ0v) is 18.4. The minimum absolute atomic E-state index is 0.179. The molecule has 0 spiro atoms. The van der Waals surface area contributed by atoms with Gasteiger partial charge in [-0.05, 0) is 41.8 Å². The Bertz CT molecular complexity index is 1150. The molecule has 0 amide bonds. The van der Waals surface area contributed by atoms with Crippen molar-refractivity contribution in [2.24, 2.45) is 0 Å². The van der Waals surface area contributed by atoms with Crippen LogP contribution in [0.5, 0.6) is 17.2 Å². The van der Waals surface area contributed by atoms with Gasteiger partial charge in [0.05, 0.1) is 0 Å². The van der Waals surface area contributed by atoms with Gasteiger partial charge in [0.15, 0.2) is 0 Å². The van der Waals surface area contributed by atoms with E-state index in [1.165, 1.54) is 0 Å². The van der Waals surface area contributed by atoms with Crippen molar-refractivity contribution < 1.29 is 15.3 Å². The van der Waals surface area contributed by atoms with Crippen molar-refractivity contribution in [2.45, 2.75) is 31.1 Å². The largest absolute Gasteiger partial charge is 0.508 e. The lowest BCUT2D eigenvalue weighted by molar-refractivity contribution is 0.281. The van der Waals surface area contributed by atoms with Crippen LogP contribution in [-0.2, 0) is 17.3 Å². The molecule has 4 aromatic carbocycles. The van der Waals surface area contributed by atoms with Crippen LogP contribution in [0.1, 0.15) is 36.1 Å². The predicted molar refractivity (Wildman–Crippen MR) is 128 cm³/mol. The summed E-state index contributed by atoms with van der Waals surface area (Å²) in [6.07, 6.45) is 0.552. The summed E-state index contributed by atoms with van der Waals surface area (Å²) < 4.78 is 0. The second-order valence-electron chi connectivity index (χ2n) is 8.77. The minimum Gasteiger partial charge on any atom is -0.508 e. The number of hydrogen-bond donors (Lipinski definition) is 3. The molecule has 0 saturated heterocycles. The lowest BCUT2D eigenvalue weighted by Crippen LogP contribution is -2.48. The Labute approximate surface area is 189 Å². The van der Waals surface area contributed by atoms with Crippen molar-refractivity contribution >= 4 is 0 Å². The number of benzene rings is 4. The summed E-state index contributed by atoms with van der Waals surface area (Å²) in [6.45, 7) is 4.25. The molecular weight excluding hydrogens is 396 g/mol. The first kappa shape index (κ1) is 21.5.